The third-order valence-corrected chi connectivity index (χ3v) is 1.79. The number of nitriles is 1. The van der Waals surface area contributed by atoms with Crippen molar-refractivity contribution >= 4 is 6.34 Å². The molecule has 1 aliphatic heterocycles. The van der Waals surface area contributed by atoms with Crippen LogP contribution in [0.4, 0.5) is 0 Å². The van der Waals surface area contributed by atoms with Crippen molar-refractivity contribution in [3.05, 3.63) is 11.8 Å². The first kappa shape index (κ1) is 8.71. The van der Waals surface area contributed by atoms with Crippen LogP contribution >= 0.6 is 0 Å². The highest BCUT2D eigenvalue weighted by Crippen LogP contribution is 2.14. The molecule has 0 radical (unpaired) electrons. The zero-order valence-corrected chi connectivity index (χ0v) is 7.05. The van der Waals surface area contributed by atoms with Crippen molar-refractivity contribution < 1.29 is 0 Å². The van der Waals surface area contributed by atoms with Crippen molar-refractivity contribution in [2.45, 2.75) is 5.79 Å². The zero-order chi connectivity index (χ0) is 9.03. The van der Waals surface area contributed by atoms with Gasteiger partial charge in [0.25, 0.3) is 0 Å². The van der Waals surface area contributed by atoms with E-state index in [1.807, 2.05) is 0 Å². The van der Waals surface area contributed by atoms with Gasteiger partial charge in [-0.1, -0.05) is 0 Å². The Hall–Kier alpha value is -1.38. The molecule has 5 heteroatoms. The fraction of sp³-hybridized carbons (Fsp3) is 0.429. The molecule has 0 spiro atoms. The molecular formula is C7H11N5. The molecule has 0 amide bonds. The molecule has 12 heavy (non-hydrogen) atoms. The summed E-state index contributed by atoms with van der Waals surface area (Å²) >= 11 is 0. The predicted molar refractivity (Wildman–Crippen MR) is 46.2 cm³/mol. The van der Waals surface area contributed by atoms with Gasteiger partial charge in [-0.05, 0) is 14.1 Å². The molecule has 1 heterocycles. The highest BCUT2D eigenvalue weighted by molar-refractivity contribution is 5.61. The average Bonchev–Trinajstić information content (AvgIpc) is 2.17. The highest BCUT2D eigenvalue weighted by atomic mass is 15.3. The normalized spacial score (nSPS) is 19.2. The van der Waals surface area contributed by atoms with Crippen LogP contribution in [0.5, 0.6) is 0 Å². The molecule has 0 bridgehead atoms. The van der Waals surface area contributed by atoms with Crippen molar-refractivity contribution in [2.75, 3.05) is 14.1 Å². The molecule has 0 aromatic heterocycles. The van der Waals surface area contributed by atoms with E-state index in [2.05, 4.69) is 27.0 Å². The van der Waals surface area contributed by atoms with Gasteiger partial charge in [0.05, 0.1) is 6.34 Å². The van der Waals surface area contributed by atoms with E-state index in [1.165, 1.54) is 6.34 Å². The number of nitrogens with zero attached hydrogens (tertiary/aromatic N) is 2. The van der Waals surface area contributed by atoms with E-state index >= 15 is 0 Å². The van der Waals surface area contributed by atoms with Crippen molar-refractivity contribution in [1.82, 2.24) is 16.0 Å². The third kappa shape index (κ3) is 1.18. The Balaban J connectivity index is 2.99. The summed E-state index contributed by atoms with van der Waals surface area (Å²) in [4.78, 5) is 4.10. The molecule has 0 fully saturated rings. The summed E-state index contributed by atoms with van der Waals surface area (Å²) in [6.07, 6.45) is 3.15. The van der Waals surface area contributed by atoms with Gasteiger partial charge in [0.1, 0.15) is 11.6 Å². The molecule has 0 aliphatic carbocycles. The molecule has 64 valence electrons. The maximum absolute atomic E-state index is 8.78. The summed E-state index contributed by atoms with van der Waals surface area (Å²) in [5, 5.41) is 17.4. The fourth-order valence-corrected chi connectivity index (χ4v) is 1.07. The molecule has 0 unspecified atom stereocenters. The van der Waals surface area contributed by atoms with Gasteiger partial charge in [-0.15, -0.1) is 0 Å². The molecule has 0 aromatic rings. The van der Waals surface area contributed by atoms with E-state index in [4.69, 9.17) is 5.26 Å². The first-order valence-electron chi connectivity index (χ1n) is 3.57. The van der Waals surface area contributed by atoms with Gasteiger partial charge in [-0.2, -0.15) is 5.26 Å². The highest BCUT2D eigenvalue weighted by Gasteiger charge is 2.31. The van der Waals surface area contributed by atoms with E-state index in [0.29, 0.717) is 5.57 Å². The number of nitrogens with one attached hydrogen (secondary N) is 3. The van der Waals surface area contributed by atoms with Gasteiger partial charge in [-0.3, -0.25) is 10.6 Å². The van der Waals surface area contributed by atoms with Crippen LogP contribution in [0.2, 0.25) is 0 Å². The number of hydrogen-bond acceptors (Lipinski definition) is 5. The monoisotopic (exact) mass is 165 g/mol. The molecule has 1 aliphatic rings. The van der Waals surface area contributed by atoms with Gasteiger partial charge in [0.2, 0.25) is 5.79 Å². The quantitative estimate of drug-likeness (QED) is 0.464. The summed E-state index contributed by atoms with van der Waals surface area (Å²) in [6.45, 7) is 0. The summed E-state index contributed by atoms with van der Waals surface area (Å²) in [5.41, 5.74) is 0.509. The Kier molecular flexibility index (Phi) is 2.43. The SMILES string of the molecule is CNC1(NC)N=CNC=C1C#N. The summed E-state index contributed by atoms with van der Waals surface area (Å²) in [5.74, 6) is -0.764. The van der Waals surface area contributed by atoms with Crippen LogP contribution in [0.25, 0.3) is 0 Å². The van der Waals surface area contributed by atoms with E-state index in [9.17, 15) is 0 Å². The predicted octanol–water partition coefficient (Wildman–Crippen LogP) is -0.882. The second-order valence-corrected chi connectivity index (χ2v) is 2.31. The molecule has 3 N–H and O–H groups in total. The van der Waals surface area contributed by atoms with Crippen LogP contribution in [-0.2, 0) is 0 Å². The van der Waals surface area contributed by atoms with Gasteiger partial charge < -0.3 is 5.32 Å². The smallest absolute Gasteiger partial charge is 0.203 e. The largest absolute Gasteiger partial charge is 0.352 e. The maximum atomic E-state index is 8.78. The van der Waals surface area contributed by atoms with Gasteiger partial charge in [-0.25, -0.2) is 4.99 Å². The molecule has 1 rings (SSSR count). The molecule has 0 saturated heterocycles. The topological polar surface area (TPSA) is 72.2 Å². The second kappa shape index (κ2) is 3.34. The first-order chi connectivity index (χ1) is 5.79. The number of likely N-dealkylation sites (N-methyl/N-ethyl adjacent to an activating group) is 2. The molecule has 0 atom stereocenters. The Bertz CT molecular complexity index is 255. The molecular weight excluding hydrogens is 154 g/mol. The fourth-order valence-electron chi connectivity index (χ4n) is 1.07. The Morgan fingerprint density at radius 3 is 2.67 bits per heavy atom. The standard InChI is InChI=1S/C7H11N5/c1-9-7(10-2)6(3-8)4-11-5-12-7/h4-5,9-10H,1-2H3,(H,11,12). The van der Waals surface area contributed by atoms with Crippen molar-refractivity contribution in [1.29, 1.82) is 5.26 Å². The van der Waals surface area contributed by atoms with Crippen LogP contribution in [-0.4, -0.2) is 26.2 Å². The van der Waals surface area contributed by atoms with Gasteiger partial charge in [0, 0.05) is 6.20 Å². The van der Waals surface area contributed by atoms with Crippen LogP contribution in [0, 0.1) is 11.3 Å². The third-order valence-electron chi connectivity index (χ3n) is 1.79. The second-order valence-electron chi connectivity index (χ2n) is 2.31. The van der Waals surface area contributed by atoms with Crippen molar-refractivity contribution in [3.8, 4) is 6.07 Å². The van der Waals surface area contributed by atoms with E-state index in [0.717, 1.165) is 0 Å². The molecule has 0 aromatic carbocycles. The number of aliphatic imine (C=N–C) groups is 1. The van der Waals surface area contributed by atoms with Crippen molar-refractivity contribution in [3.63, 3.8) is 0 Å². The minimum atomic E-state index is -0.764. The lowest BCUT2D eigenvalue weighted by Gasteiger charge is -2.29. The first-order valence-corrected chi connectivity index (χ1v) is 3.57. The molecule has 0 saturated carbocycles. The van der Waals surface area contributed by atoms with E-state index in [1.54, 1.807) is 20.3 Å². The lowest BCUT2D eigenvalue weighted by atomic mass is 10.1. The van der Waals surface area contributed by atoms with Crippen LogP contribution < -0.4 is 16.0 Å². The summed E-state index contributed by atoms with van der Waals surface area (Å²) < 4.78 is 0. The average molecular weight is 165 g/mol. The van der Waals surface area contributed by atoms with Gasteiger partial charge in [0.15, 0.2) is 0 Å². The van der Waals surface area contributed by atoms with Crippen LogP contribution in [0.3, 0.4) is 0 Å². The van der Waals surface area contributed by atoms with Crippen LogP contribution in [0.15, 0.2) is 16.8 Å². The minimum absolute atomic E-state index is 0.509. The lowest BCUT2D eigenvalue weighted by Crippen LogP contribution is -2.55. The summed E-state index contributed by atoms with van der Waals surface area (Å²) in [6, 6.07) is 2.06. The Morgan fingerprint density at radius 1 is 1.58 bits per heavy atom. The van der Waals surface area contributed by atoms with E-state index < -0.39 is 5.79 Å². The van der Waals surface area contributed by atoms with Crippen LogP contribution in [0.1, 0.15) is 0 Å². The van der Waals surface area contributed by atoms with Crippen molar-refractivity contribution in [2.24, 2.45) is 4.99 Å². The zero-order valence-electron chi connectivity index (χ0n) is 7.05. The summed E-state index contributed by atoms with van der Waals surface area (Å²) in [7, 11) is 3.48. The number of hydrogen-bond donors (Lipinski definition) is 3. The Morgan fingerprint density at radius 2 is 2.25 bits per heavy atom. The lowest BCUT2D eigenvalue weighted by molar-refractivity contribution is 0.374. The maximum Gasteiger partial charge on any atom is 0.203 e. The number of rotatable bonds is 2. The Labute approximate surface area is 71.2 Å². The van der Waals surface area contributed by atoms with Gasteiger partial charge >= 0.3 is 0 Å². The molecule has 5 nitrogen and oxygen atoms in total. The minimum Gasteiger partial charge on any atom is -0.352 e. The van der Waals surface area contributed by atoms with E-state index in [-0.39, 0.29) is 0 Å².